The summed E-state index contributed by atoms with van der Waals surface area (Å²) in [6.45, 7) is 0. The summed E-state index contributed by atoms with van der Waals surface area (Å²) in [6.07, 6.45) is 10.1. The van der Waals surface area contributed by atoms with Crippen molar-refractivity contribution < 1.29 is 4.42 Å². The first kappa shape index (κ1) is 35.6. The van der Waals surface area contributed by atoms with E-state index in [-0.39, 0.29) is 0 Å². The number of pyridine rings is 3. The normalized spacial score (nSPS) is 12.0. The predicted molar refractivity (Wildman–Crippen MR) is 264 cm³/mol. The Kier molecular flexibility index (Phi) is 7.52. The van der Waals surface area contributed by atoms with Crippen molar-refractivity contribution in [3.63, 3.8) is 0 Å². The third-order valence-electron chi connectivity index (χ3n) is 13.1. The van der Waals surface area contributed by atoms with Gasteiger partial charge in [0.2, 0.25) is 0 Å². The molecule has 8 heterocycles. The molecule has 0 aliphatic heterocycles. The zero-order valence-electron chi connectivity index (χ0n) is 34.7. The van der Waals surface area contributed by atoms with Gasteiger partial charge in [0.15, 0.2) is 0 Å². The first-order valence-corrected chi connectivity index (χ1v) is 21.7. The number of benzene rings is 6. The molecule has 0 atom stereocenters. The van der Waals surface area contributed by atoms with Crippen molar-refractivity contribution in [2.75, 3.05) is 0 Å². The molecular weight excluding hydrogens is 799 g/mol. The number of fused-ring (bicyclic) bond motifs is 7. The number of furan rings is 1. The Labute approximate surface area is 370 Å². The van der Waals surface area contributed by atoms with E-state index in [0.29, 0.717) is 0 Å². The zero-order valence-corrected chi connectivity index (χ0v) is 34.7. The molecule has 8 nitrogen and oxygen atoms in total. The Morgan fingerprint density at radius 3 is 2.12 bits per heavy atom. The highest BCUT2D eigenvalue weighted by atomic mass is 16.3. The molecule has 6 aromatic carbocycles. The molecule has 3 N–H and O–H groups in total. The van der Waals surface area contributed by atoms with Gasteiger partial charge in [-0.05, 0) is 59.3 Å². The van der Waals surface area contributed by atoms with E-state index < -0.39 is 0 Å². The molecular formula is C57H35N7O. The van der Waals surface area contributed by atoms with Crippen LogP contribution < -0.4 is 0 Å². The molecule has 8 aromatic heterocycles. The number of aromatic nitrogens is 7. The molecule has 8 heteroatoms. The van der Waals surface area contributed by atoms with Crippen molar-refractivity contribution in [1.29, 1.82) is 0 Å². The van der Waals surface area contributed by atoms with Crippen LogP contribution >= 0.6 is 0 Å². The third kappa shape index (κ3) is 5.28. The van der Waals surface area contributed by atoms with Crippen LogP contribution in [0.4, 0.5) is 0 Å². The van der Waals surface area contributed by atoms with Gasteiger partial charge in [-0.2, -0.15) is 5.10 Å². The van der Waals surface area contributed by atoms with E-state index in [1.807, 2.05) is 18.5 Å². The Morgan fingerprint density at radius 1 is 0.508 bits per heavy atom. The first-order chi connectivity index (χ1) is 32.2. The monoisotopic (exact) mass is 833 g/mol. The maximum Gasteiger partial charge on any atom is 0.142 e. The van der Waals surface area contributed by atoms with Crippen LogP contribution in [0.1, 0.15) is 0 Å². The van der Waals surface area contributed by atoms with Gasteiger partial charge in [-0.15, -0.1) is 0 Å². The molecule has 0 spiro atoms. The lowest BCUT2D eigenvalue weighted by atomic mass is 9.83. The van der Waals surface area contributed by atoms with Crippen molar-refractivity contribution in [2.24, 2.45) is 0 Å². The molecule has 14 aromatic rings. The molecule has 0 unspecified atom stereocenters. The quantitative estimate of drug-likeness (QED) is 0.155. The van der Waals surface area contributed by atoms with Crippen molar-refractivity contribution in [2.45, 2.75) is 0 Å². The summed E-state index contributed by atoms with van der Waals surface area (Å²) in [5, 5.41) is 18.0. The molecule has 0 aliphatic rings. The Balaban J connectivity index is 1.28. The van der Waals surface area contributed by atoms with Crippen molar-refractivity contribution >= 4 is 70.5 Å². The molecule has 65 heavy (non-hydrogen) atoms. The highest BCUT2D eigenvalue weighted by Gasteiger charge is 2.32. The minimum atomic E-state index is 0.729. The smallest absolute Gasteiger partial charge is 0.142 e. The van der Waals surface area contributed by atoms with E-state index in [2.05, 4.69) is 196 Å². The summed E-state index contributed by atoms with van der Waals surface area (Å²) in [4.78, 5) is 18.8. The van der Waals surface area contributed by atoms with Crippen LogP contribution in [0.25, 0.3) is 138 Å². The van der Waals surface area contributed by atoms with Crippen LogP contribution in [0.3, 0.4) is 0 Å². The SMILES string of the molecule is c1ccc2[nH]c(-c3c(-c4[nH]cc5ccccc45)c(-c4occ5ccccc45)cc4nc(-c5nccc6ccccc56)c(-c5n[nH]c6ccccc56)c(-c5ccn6ccccc56)c34)cc2c1. The molecule has 14 rings (SSSR count). The molecule has 0 radical (unpaired) electrons. The van der Waals surface area contributed by atoms with Crippen LogP contribution in [0.2, 0.25) is 0 Å². The van der Waals surface area contributed by atoms with Crippen LogP contribution in [0.15, 0.2) is 199 Å². The fraction of sp³-hybridized carbons (Fsp3) is 0. The Hall–Kier alpha value is -9.01. The van der Waals surface area contributed by atoms with Crippen molar-refractivity contribution in [3.05, 3.63) is 195 Å². The number of para-hydroxylation sites is 2. The molecule has 0 aliphatic carbocycles. The molecule has 0 fully saturated rings. The lowest BCUT2D eigenvalue weighted by Gasteiger charge is -2.23. The van der Waals surface area contributed by atoms with Crippen molar-refractivity contribution in [3.8, 4) is 67.6 Å². The zero-order chi connectivity index (χ0) is 42.6. The second-order valence-corrected chi connectivity index (χ2v) is 16.7. The van der Waals surface area contributed by atoms with Gasteiger partial charge in [0.05, 0.1) is 34.2 Å². The number of nitrogens with one attached hydrogen (secondary N) is 3. The van der Waals surface area contributed by atoms with Gasteiger partial charge in [0, 0.05) is 107 Å². The van der Waals surface area contributed by atoms with Crippen molar-refractivity contribution in [1.82, 2.24) is 34.5 Å². The van der Waals surface area contributed by atoms with Crippen LogP contribution in [0, 0.1) is 0 Å². The number of nitrogens with zero attached hydrogens (tertiary/aromatic N) is 4. The number of hydrogen-bond donors (Lipinski definition) is 3. The Morgan fingerprint density at radius 2 is 1.25 bits per heavy atom. The first-order valence-electron chi connectivity index (χ1n) is 21.7. The lowest BCUT2D eigenvalue weighted by molar-refractivity contribution is 0.587. The molecule has 304 valence electrons. The van der Waals surface area contributed by atoms with Gasteiger partial charge in [-0.25, -0.2) is 4.98 Å². The minimum Gasteiger partial charge on any atom is -0.463 e. The van der Waals surface area contributed by atoms with Gasteiger partial charge in [-0.1, -0.05) is 115 Å². The van der Waals surface area contributed by atoms with Gasteiger partial charge in [-0.3, -0.25) is 10.1 Å². The van der Waals surface area contributed by atoms with E-state index >= 15 is 0 Å². The molecule has 0 saturated carbocycles. The highest BCUT2D eigenvalue weighted by molar-refractivity contribution is 6.23. The fourth-order valence-electron chi connectivity index (χ4n) is 10.2. The second kappa shape index (κ2) is 13.7. The maximum absolute atomic E-state index is 6.73. The van der Waals surface area contributed by atoms with E-state index in [0.717, 1.165) is 138 Å². The molecule has 0 saturated heterocycles. The maximum atomic E-state index is 6.73. The average Bonchev–Trinajstić information content (AvgIpc) is 4.22. The van der Waals surface area contributed by atoms with Gasteiger partial charge < -0.3 is 18.8 Å². The molecule has 0 amide bonds. The van der Waals surface area contributed by atoms with E-state index in [1.165, 1.54) is 0 Å². The number of rotatable bonds is 6. The predicted octanol–water partition coefficient (Wildman–Crippen LogP) is 14.6. The summed E-state index contributed by atoms with van der Waals surface area (Å²) in [6, 6.07) is 57.3. The van der Waals surface area contributed by atoms with E-state index in [4.69, 9.17) is 19.5 Å². The minimum absolute atomic E-state index is 0.729. The van der Waals surface area contributed by atoms with Crippen LogP contribution in [-0.2, 0) is 0 Å². The highest BCUT2D eigenvalue weighted by Crippen LogP contribution is 2.54. The summed E-state index contributed by atoms with van der Waals surface area (Å²) >= 11 is 0. The lowest BCUT2D eigenvalue weighted by Crippen LogP contribution is -2.02. The van der Waals surface area contributed by atoms with E-state index in [9.17, 15) is 0 Å². The largest absolute Gasteiger partial charge is 0.463 e. The third-order valence-corrected chi connectivity index (χ3v) is 13.1. The summed E-state index contributed by atoms with van der Waals surface area (Å²) in [5.41, 5.74) is 13.8. The topological polar surface area (TPSA) is 104 Å². The summed E-state index contributed by atoms with van der Waals surface area (Å²) in [5.74, 6) is 0.762. The standard InChI is InChI=1S/C57H35N7O/c1-5-17-37-33(13-1)24-26-58-55(37)56-52(54-40-20-8-10-22-44(40)62-63-54)48(41-25-28-64-27-12-11-23-47(41)64)50-46(61-56)30-42(57-39-19-7-3-16-36(39)32-65-57)49(53-38-18-6-2-15-35(38)31-59-53)51(50)45-29-34-14-4-9-21-43(34)60-45/h1-32,59-60H,(H,62,63). The summed E-state index contributed by atoms with van der Waals surface area (Å²) < 4.78 is 8.92. The van der Waals surface area contributed by atoms with Gasteiger partial charge in [0.1, 0.15) is 17.1 Å². The second-order valence-electron chi connectivity index (χ2n) is 16.7. The number of aromatic amines is 3. The van der Waals surface area contributed by atoms with Gasteiger partial charge in [0.25, 0.3) is 0 Å². The Bertz CT molecular complexity index is 4180. The average molecular weight is 834 g/mol. The van der Waals surface area contributed by atoms with E-state index in [1.54, 1.807) is 0 Å². The fourth-order valence-corrected chi connectivity index (χ4v) is 10.2. The van der Waals surface area contributed by atoms with Gasteiger partial charge >= 0.3 is 0 Å². The van der Waals surface area contributed by atoms with Crippen LogP contribution in [-0.4, -0.2) is 34.5 Å². The number of H-pyrrole nitrogens is 3. The van der Waals surface area contributed by atoms with Crippen LogP contribution in [0.5, 0.6) is 0 Å². The number of hydrogen-bond acceptors (Lipinski definition) is 4. The summed E-state index contributed by atoms with van der Waals surface area (Å²) in [7, 11) is 0. The molecule has 0 bridgehead atoms.